The lowest BCUT2D eigenvalue weighted by Crippen LogP contribution is -2.39. The maximum Gasteiger partial charge on any atom is 0.308 e. The summed E-state index contributed by atoms with van der Waals surface area (Å²) in [6.45, 7) is 4.79. The van der Waals surface area contributed by atoms with Crippen molar-refractivity contribution >= 4 is 17.5 Å². The first-order valence-corrected chi connectivity index (χ1v) is 13.9. The van der Waals surface area contributed by atoms with Gasteiger partial charge in [-0.3, -0.25) is 14.5 Å². The molecule has 1 N–H and O–H groups in total. The van der Waals surface area contributed by atoms with Crippen LogP contribution in [0.3, 0.4) is 0 Å². The highest BCUT2D eigenvalue weighted by molar-refractivity contribution is 5.93. The van der Waals surface area contributed by atoms with Gasteiger partial charge >= 0.3 is 5.97 Å². The van der Waals surface area contributed by atoms with E-state index in [9.17, 15) is 9.59 Å². The summed E-state index contributed by atoms with van der Waals surface area (Å²) in [7, 11) is 3.18. The third-order valence-corrected chi connectivity index (χ3v) is 7.63. The van der Waals surface area contributed by atoms with Gasteiger partial charge in [0.1, 0.15) is 0 Å². The third-order valence-electron chi connectivity index (χ3n) is 7.63. The maximum atomic E-state index is 13.1. The van der Waals surface area contributed by atoms with Crippen molar-refractivity contribution in [2.75, 3.05) is 53.7 Å². The van der Waals surface area contributed by atoms with Gasteiger partial charge in [0.15, 0.2) is 22.8 Å². The summed E-state index contributed by atoms with van der Waals surface area (Å²) in [6, 6.07) is 9.11. The van der Waals surface area contributed by atoms with Crippen molar-refractivity contribution in [1.29, 1.82) is 0 Å². The topological polar surface area (TPSA) is 117 Å². The van der Waals surface area contributed by atoms with Crippen LogP contribution in [0.5, 0.6) is 11.5 Å². The summed E-state index contributed by atoms with van der Waals surface area (Å²) in [5.74, 6) is 0.741. The standard InChI is InChI=1S/C29H37N5O6/c1-37-25-9-6-21(18-26(25)38-2)24-10-11-30-27-19-23(32-34(24)27)28(35)31-22-7-4-20(5-8-22)29(36)40-15-3-12-33-13-16-39-17-14-33/h6,9-11,18-20,22H,3-5,7-8,12-17H2,1-2H3,(H,31,35)/t20-,22+. The number of ether oxygens (including phenoxy) is 4. The summed E-state index contributed by atoms with van der Waals surface area (Å²) >= 11 is 0. The van der Waals surface area contributed by atoms with E-state index in [4.69, 9.17) is 18.9 Å². The number of morpholine rings is 1. The number of carbonyl (C=O) groups is 2. The number of methoxy groups -OCH3 is 2. The lowest BCUT2D eigenvalue weighted by molar-refractivity contribution is -0.150. The Morgan fingerprint density at radius 1 is 1.02 bits per heavy atom. The number of nitrogens with one attached hydrogen (secondary N) is 1. The van der Waals surface area contributed by atoms with Crippen molar-refractivity contribution in [2.24, 2.45) is 5.92 Å². The highest BCUT2D eigenvalue weighted by atomic mass is 16.5. The fraction of sp³-hybridized carbons (Fsp3) is 0.517. The van der Waals surface area contributed by atoms with Crippen molar-refractivity contribution in [2.45, 2.75) is 38.1 Å². The van der Waals surface area contributed by atoms with E-state index in [1.807, 2.05) is 24.3 Å². The molecule has 214 valence electrons. The van der Waals surface area contributed by atoms with Gasteiger partial charge in [0.2, 0.25) is 0 Å². The van der Waals surface area contributed by atoms with E-state index in [0.717, 1.165) is 63.4 Å². The normalized spacial score (nSPS) is 19.8. The molecule has 0 spiro atoms. The molecular formula is C29H37N5O6. The lowest BCUT2D eigenvalue weighted by atomic mass is 9.86. The van der Waals surface area contributed by atoms with Gasteiger partial charge in [-0.1, -0.05) is 0 Å². The summed E-state index contributed by atoms with van der Waals surface area (Å²) in [4.78, 5) is 32.3. The molecule has 1 aliphatic heterocycles. The lowest BCUT2D eigenvalue weighted by Gasteiger charge is -2.28. The van der Waals surface area contributed by atoms with Crippen LogP contribution in [0.1, 0.15) is 42.6 Å². The predicted molar refractivity (Wildman–Crippen MR) is 148 cm³/mol. The molecule has 1 saturated carbocycles. The molecule has 0 unspecified atom stereocenters. The predicted octanol–water partition coefficient (Wildman–Crippen LogP) is 2.97. The molecule has 1 amide bonds. The van der Waals surface area contributed by atoms with E-state index >= 15 is 0 Å². The number of amides is 1. The molecule has 11 nitrogen and oxygen atoms in total. The molecule has 2 aliphatic rings. The molecule has 0 bridgehead atoms. The Hall–Kier alpha value is -3.70. The monoisotopic (exact) mass is 551 g/mol. The van der Waals surface area contributed by atoms with E-state index in [2.05, 4.69) is 20.3 Å². The molecule has 3 aromatic rings. The van der Waals surface area contributed by atoms with Crippen LogP contribution < -0.4 is 14.8 Å². The van der Waals surface area contributed by atoms with Crippen LogP contribution in [0, 0.1) is 5.92 Å². The Balaban J connectivity index is 1.13. The first-order chi connectivity index (χ1) is 19.6. The van der Waals surface area contributed by atoms with Gasteiger partial charge in [0, 0.05) is 43.5 Å². The first kappa shape index (κ1) is 27.9. The zero-order valence-electron chi connectivity index (χ0n) is 23.1. The van der Waals surface area contributed by atoms with E-state index in [1.165, 1.54) is 0 Å². The number of aromatic nitrogens is 3. The van der Waals surface area contributed by atoms with Crippen LogP contribution in [0.4, 0.5) is 0 Å². The Kier molecular flexibility index (Phi) is 9.12. The molecule has 1 aliphatic carbocycles. The average Bonchev–Trinajstić information content (AvgIpc) is 3.45. The smallest absolute Gasteiger partial charge is 0.308 e. The van der Waals surface area contributed by atoms with Crippen LogP contribution in [0.25, 0.3) is 16.9 Å². The van der Waals surface area contributed by atoms with Crippen molar-refractivity contribution < 1.29 is 28.5 Å². The van der Waals surface area contributed by atoms with E-state index < -0.39 is 0 Å². The van der Waals surface area contributed by atoms with Crippen LogP contribution in [0.2, 0.25) is 0 Å². The van der Waals surface area contributed by atoms with Gasteiger partial charge < -0.3 is 24.3 Å². The highest BCUT2D eigenvalue weighted by Crippen LogP contribution is 2.32. The summed E-state index contributed by atoms with van der Waals surface area (Å²) < 4.78 is 23.3. The molecule has 3 heterocycles. The molecular weight excluding hydrogens is 514 g/mol. The molecule has 11 heteroatoms. The number of carbonyl (C=O) groups excluding carboxylic acids is 2. The number of hydrogen-bond acceptors (Lipinski definition) is 9. The molecule has 1 aromatic carbocycles. The van der Waals surface area contributed by atoms with Crippen molar-refractivity contribution in [1.82, 2.24) is 24.8 Å². The second kappa shape index (κ2) is 13.1. The Labute approximate surface area is 233 Å². The first-order valence-electron chi connectivity index (χ1n) is 13.9. The Bertz CT molecular complexity index is 1310. The number of esters is 1. The van der Waals surface area contributed by atoms with Gasteiger partial charge in [-0.2, -0.15) is 5.10 Å². The average molecular weight is 552 g/mol. The zero-order valence-corrected chi connectivity index (χ0v) is 23.1. The number of nitrogens with zero attached hydrogens (tertiary/aromatic N) is 4. The number of fused-ring (bicyclic) bond motifs is 1. The van der Waals surface area contributed by atoms with Gasteiger partial charge in [0.05, 0.1) is 45.7 Å². The van der Waals surface area contributed by atoms with Gasteiger partial charge in [-0.25, -0.2) is 9.50 Å². The number of benzene rings is 1. The van der Waals surface area contributed by atoms with Crippen LogP contribution in [0.15, 0.2) is 36.5 Å². The molecule has 0 radical (unpaired) electrons. The molecule has 5 rings (SSSR count). The van der Waals surface area contributed by atoms with Gasteiger partial charge in [-0.15, -0.1) is 0 Å². The maximum absolute atomic E-state index is 13.1. The van der Waals surface area contributed by atoms with Gasteiger partial charge in [0.25, 0.3) is 5.91 Å². The third kappa shape index (κ3) is 6.53. The number of rotatable bonds is 10. The second-order valence-corrected chi connectivity index (χ2v) is 10.2. The summed E-state index contributed by atoms with van der Waals surface area (Å²) in [5, 5.41) is 7.65. The number of hydrogen-bond donors (Lipinski definition) is 1. The Morgan fingerprint density at radius 2 is 1.80 bits per heavy atom. The molecule has 2 fully saturated rings. The van der Waals surface area contributed by atoms with Crippen LogP contribution in [-0.4, -0.2) is 91.1 Å². The minimum atomic E-state index is -0.252. The quantitative estimate of drug-likeness (QED) is 0.300. The van der Waals surface area contributed by atoms with E-state index in [1.54, 1.807) is 31.0 Å². The SMILES string of the molecule is COc1ccc(-c2ccnc3cc(C(=O)N[C@H]4CC[C@@H](C(=O)OCCCN5CCOCC5)CC4)nn23)cc1OC. The highest BCUT2D eigenvalue weighted by Gasteiger charge is 2.29. The molecule has 40 heavy (non-hydrogen) atoms. The summed E-state index contributed by atoms with van der Waals surface area (Å²) in [6.07, 6.45) is 5.36. The van der Waals surface area contributed by atoms with Crippen molar-refractivity contribution in [3.63, 3.8) is 0 Å². The van der Waals surface area contributed by atoms with E-state index in [0.29, 0.717) is 42.3 Å². The molecule has 1 saturated heterocycles. The van der Waals surface area contributed by atoms with Crippen LogP contribution >= 0.6 is 0 Å². The van der Waals surface area contributed by atoms with Crippen molar-refractivity contribution in [3.8, 4) is 22.8 Å². The second-order valence-electron chi connectivity index (χ2n) is 10.2. The fourth-order valence-corrected chi connectivity index (χ4v) is 5.36. The Morgan fingerprint density at radius 3 is 2.55 bits per heavy atom. The summed E-state index contributed by atoms with van der Waals surface area (Å²) in [5.41, 5.74) is 2.49. The van der Waals surface area contributed by atoms with Gasteiger partial charge in [-0.05, 0) is 56.4 Å². The molecule has 2 aromatic heterocycles. The fourth-order valence-electron chi connectivity index (χ4n) is 5.36. The zero-order chi connectivity index (χ0) is 27.9. The minimum absolute atomic E-state index is 0.0130. The molecule has 0 atom stereocenters. The largest absolute Gasteiger partial charge is 0.493 e. The van der Waals surface area contributed by atoms with Crippen molar-refractivity contribution in [3.05, 3.63) is 42.2 Å². The van der Waals surface area contributed by atoms with Crippen LogP contribution in [-0.2, 0) is 14.3 Å². The minimum Gasteiger partial charge on any atom is -0.493 e. The van der Waals surface area contributed by atoms with E-state index in [-0.39, 0.29) is 23.8 Å².